The molecule has 0 aliphatic carbocycles. The Labute approximate surface area is 153 Å². The zero-order valence-electron chi connectivity index (χ0n) is 13.1. The Bertz CT molecular complexity index is 898. The van der Waals surface area contributed by atoms with Crippen LogP contribution in [-0.4, -0.2) is 40.3 Å². The van der Waals surface area contributed by atoms with Crippen molar-refractivity contribution in [1.82, 2.24) is 4.98 Å². The number of hydrogen-bond acceptors (Lipinski definition) is 5. The van der Waals surface area contributed by atoms with Gasteiger partial charge in [0.1, 0.15) is 16.6 Å². The number of aliphatic hydroxyl groups excluding tert-OH is 1. The van der Waals surface area contributed by atoms with E-state index in [-0.39, 0.29) is 28.9 Å². The van der Waals surface area contributed by atoms with Crippen LogP contribution in [0.5, 0.6) is 0 Å². The fraction of sp³-hybridized carbons (Fsp3) is 0.176. The van der Waals surface area contributed by atoms with Crippen molar-refractivity contribution in [2.75, 3.05) is 11.4 Å². The summed E-state index contributed by atoms with van der Waals surface area (Å²) in [6.07, 6.45) is -1.68. The molecule has 0 radical (unpaired) electrons. The van der Waals surface area contributed by atoms with Gasteiger partial charge < -0.3 is 5.11 Å². The summed E-state index contributed by atoms with van der Waals surface area (Å²) in [6, 6.07) is 9.93. The lowest BCUT2D eigenvalue weighted by Crippen LogP contribution is -2.40. The highest BCUT2D eigenvalue weighted by Gasteiger charge is 2.33. The van der Waals surface area contributed by atoms with Crippen LogP contribution in [0.4, 0.5) is 5.69 Å². The number of aliphatic imine (C=N–C) groups is 1. The summed E-state index contributed by atoms with van der Waals surface area (Å²) in [5.74, 6) is -0.967. The number of ketones is 1. The average molecular weight is 378 g/mol. The van der Waals surface area contributed by atoms with E-state index in [2.05, 4.69) is 9.98 Å². The number of hydrogen-bond donors (Lipinski definition) is 1. The van der Waals surface area contributed by atoms with Gasteiger partial charge in [-0.3, -0.25) is 14.5 Å². The predicted octanol–water partition coefficient (Wildman–Crippen LogP) is 2.48. The molecule has 6 nitrogen and oxygen atoms in total. The van der Waals surface area contributed by atoms with Gasteiger partial charge >= 0.3 is 0 Å². The van der Waals surface area contributed by atoms with Gasteiger partial charge in [-0.2, -0.15) is 0 Å². The van der Waals surface area contributed by atoms with Crippen LogP contribution in [0, 0.1) is 0 Å². The Morgan fingerprint density at radius 2 is 1.96 bits per heavy atom. The number of nitrogens with zero attached hydrogens (tertiary/aromatic N) is 3. The van der Waals surface area contributed by atoms with Crippen molar-refractivity contribution in [3.63, 3.8) is 0 Å². The maximum Gasteiger partial charge on any atom is 0.279 e. The molecular formula is C17H13Cl2N3O3. The third kappa shape index (κ3) is 3.42. The second-order valence-corrected chi connectivity index (χ2v) is 6.25. The highest BCUT2D eigenvalue weighted by molar-refractivity contribution is 6.36. The molecule has 0 saturated carbocycles. The Morgan fingerprint density at radius 3 is 2.64 bits per heavy atom. The zero-order chi connectivity index (χ0) is 18.1. The number of pyridine rings is 1. The molecule has 0 bridgehead atoms. The molecule has 0 fully saturated rings. The number of aliphatic hydroxyl groups is 1. The van der Waals surface area contributed by atoms with Crippen LogP contribution in [0.25, 0.3) is 0 Å². The minimum absolute atomic E-state index is 0.185. The molecule has 8 heteroatoms. The summed E-state index contributed by atoms with van der Waals surface area (Å²) in [6.45, 7) is 1.14. The third-order valence-electron chi connectivity index (χ3n) is 3.60. The zero-order valence-corrected chi connectivity index (χ0v) is 14.6. The van der Waals surface area contributed by atoms with Gasteiger partial charge in [0.2, 0.25) is 6.23 Å². The number of benzene rings is 1. The van der Waals surface area contributed by atoms with E-state index in [9.17, 15) is 14.7 Å². The van der Waals surface area contributed by atoms with Crippen LogP contribution in [0.2, 0.25) is 10.2 Å². The summed E-state index contributed by atoms with van der Waals surface area (Å²) < 4.78 is 0. The fourth-order valence-electron chi connectivity index (χ4n) is 2.55. The minimum Gasteiger partial charge on any atom is -0.364 e. The molecule has 2 aromatic rings. The first-order valence-electron chi connectivity index (χ1n) is 7.37. The number of halogens is 2. The van der Waals surface area contributed by atoms with Crippen molar-refractivity contribution in [2.24, 2.45) is 4.99 Å². The molecule has 1 aromatic carbocycles. The monoisotopic (exact) mass is 377 g/mol. The summed E-state index contributed by atoms with van der Waals surface area (Å²) in [7, 11) is 0. The first kappa shape index (κ1) is 17.5. The molecule has 1 amide bonds. The molecule has 0 spiro atoms. The van der Waals surface area contributed by atoms with Gasteiger partial charge in [0.15, 0.2) is 0 Å². The Balaban J connectivity index is 2.27. The smallest absolute Gasteiger partial charge is 0.279 e. The normalized spacial score (nSPS) is 17.0. The summed E-state index contributed by atoms with van der Waals surface area (Å²) in [5.41, 5.74) is 1.33. The largest absolute Gasteiger partial charge is 0.364 e. The lowest BCUT2D eigenvalue weighted by molar-refractivity contribution is -0.127. The Hall–Kier alpha value is -2.28. The van der Waals surface area contributed by atoms with Crippen molar-refractivity contribution < 1.29 is 14.7 Å². The molecule has 1 atom stereocenters. The van der Waals surface area contributed by atoms with Crippen LogP contribution in [0.3, 0.4) is 0 Å². The van der Waals surface area contributed by atoms with Gasteiger partial charge in [0, 0.05) is 5.56 Å². The number of rotatable bonds is 3. The molecule has 1 aliphatic rings. The number of carbonyl (C=O) groups excluding carboxylic acids is 2. The molecule has 1 aromatic heterocycles. The number of anilines is 1. The van der Waals surface area contributed by atoms with Gasteiger partial charge in [0.25, 0.3) is 5.91 Å². The number of aromatic nitrogens is 1. The molecule has 1 N–H and O–H groups in total. The highest BCUT2D eigenvalue weighted by atomic mass is 35.5. The first-order chi connectivity index (χ1) is 11.9. The highest BCUT2D eigenvalue weighted by Crippen LogP contribution is 2.30. The van der Waals surface area contributed by atoms with E-state index < -0.39 is 12.1 Å². The van der Waals surface area contributed by atoms with Gasteiger partial charge in [-0.25, -0.2) is 9.98 Å². The lowest BCUT2D eigenvalue weighted by atomic mass is 10.0. The molecule has 2 heterocycles. The molecule has 3 rings (SSSR count). The maximum atomic E-state index is 12.5. The topological polar surface area (TPSA) is 82.9 Å². The van der Waals surface area contributed by atoms with E-state index in [1.165, 1.54) is 13.0 Å². The van der Waals surface area contributed by atoms with Crippen molar-refractivity contribution in [1.29, 1.82) is 0 Å². The fourth-order valence-corrected chi connectivity index (χ4v) is 2.93. The van der Waals surface area contributed by atoms with E-state index in [1.807, 2.05) is 0 Å². The van der Waals surface area contributed by atoms with Crippen LogP contribution < -0.4 is 4.90 Å². The predicted molar refractivity (Wildman–Crippen MR) is 95.4 cm³/mol. The lowest BCUT2D eigenvalue weighted by Gasteiger charge is -2.22. The van der Waals surface area contributed by atoms with E-state index >= 15 is 0 Å². The maximum absolute atomic E-state index is 12.5. The Kier molecular flexibility index (Phi) is 4.85. The summed E-state index contributed by atoms with van der Waals surface area (Å²) in [5, 5.41) is 10.8. The van der Waals surface area contributed by atoms with Crippen LogP contribution >= 0.6 is 23.2 Å². The number of Topliss-reactive ketones (excluding diaryl/α,β-unsaturated/α-hetero) is 1. The summed E-state index contributed by atoms with van der Waals surface area (Å²) in [4.78, 5) is 33.6. The van der Waals surface area contributed by atoms with Crippen molar-refractivity contribution in [3.8, 4) is 0 Å². The van der Waals surface area contributed by atoms with E-state index in [4.69, 9.17) is 23.2 Å². The van der Waals surface area contributed by atoms with Crippen molar-refractivity contribution >= 4 is 46.3 Å². The first-order valence-corrected chi connectivity index (χ1v) is 8.12. The minimum atomic E-state index is -1.68. The van der Waals surface area contributed by atoms with E-state index in [0.717, 1.165) is 4.90 Å². The van der Waals surface area contributed by atoms with Gasteiger partial charge in [0.05, 0.1) is 23.0 Å². The quantitative estimate of drug-likeness (QED) is 0.832. The van der Waals surface area contributed by atoms with E-state index in [1.54, 1.807) is 30.3 Å². The molecular weight excluding hydrogens is 365 g/mol. The Morgan fingerprint density at radius 1 is 1.24 bits per heavy atom. The third-order valence-corrected chi connectivity index (χ3v) is 4.14. The number of fused-ring (bicyclic) bond motifs is 1. The van der Waals surface area contributed by atoms with Gasteiger partial charge in [-0.05, 0) is 25.1 Å². The molecule has 1 unspecified atom stereocenters. The molecule has 1 aliphatic heterocycles. The molecule has 25 heavy (non-hydrogen) atoms. The second-order valence-electron chi connectivity index (χ2n) is 5.46. The van der Waals surface area contributed by atoms with Gasteiger partial charge in [-0.15, -0.1) is 0 Å². The van der Waals surface area contributed by atoms with E-state index in [0.29, 0.717) is 16.3 Å². The van der Waals surface area contributed by atoms with Gasteiger partial charge in [-0.1, -0.05) is 41.4 Å². The SMILES string of the molecule is CC(=O)CN1C(=O)C(O)N=C(c2ccccc2Cl)c2nc(Cl)ccc21. The summed E-state index contributed by atoms with van der Waals surface area (Å²) >= 11 is 12.3. The number of amides is 1. The van der Waals surface area contributed by atoms with Crippen LogP contribution in [0.15, 0.2) is 41.4 Å². The number of carbonyl (C=O) groups is 2. The second kappa shape index (κ2) is 6.92. The molecule has 128 valence electrons. The standard InChI is InChI=1S/C17H13Cl2N3O3/c1-9(23)8-22-12-6-7-13(19)20-15(12)14(21-16(24)17(22)25)10-4-2-3-5-11(10)18/h2-7,16,24H,8H2,1H3. The van der Waals surface area contributed by atoms with Crippen molar-refractivity contribution in [3.05, 3.63) is 57.8 Å². The van der Waals surface area contributed by atoms with Crippen molar-refractivity contribution in [2.45, 2.75) is 13.2 Å². The van der Waals surface area contributed by atoms with Crippen LogP contribution in [0.1, 0.15) is 18.2 Å². The van der Waals surface area contributed by atoms with Crippen LogP contribution in [-0.2, 0) is 9.59 Å². The average Bonchev–Trinajstić information content (AvgIpc) is 2.66. The molecule has 0 saturated heterocycles.